The number of benzene rings is 1. The summed E-state index contributed by atoms with van der Waals surface area (Å²) in [6.45, 7) is 1.73. The zero-order valence-electron chi connectivity index (χ0n) is 14.6. The zero-order valence-corrected chi connectivity index (χ0v) is 16.2. The second kappa shape index (κ2) is 8.13. The fourth-order valence-electron chi connectivity index (χ4n) is 2.37. The number of nitrogens with one attached hydrogen (secondary N) is 1. The maximum atomic E-state index is 12.0. The van der Waals surface area contributed by atoms with Gasteiger partial charge in [0.05, 0.1) is 18.2 Å². The maximum Gasteiger partial charge on any atom is 0.337 e. The number of halogens is 1. The number of nitrogens with zero attached hydrogens (tertiary/aromatic N) is 2. The molecule has 7 nitrogen and oxygen atoms in total. The number of hydrogen-bond acceptors (Lipinski definition) is 6. The number of ether oxygens (including phenoxy) is 2. The van der Waals surface area contributed by atoms with Gasteiger partial charge in [0, 0.05) is 16.7 Å². The summed E-state index contributed by atoms with van der Waals surface area (Å²) in [5, 5.41) is 0. The molecule has 0 fully saturated rings. The maximum absolute atomic E-state index is 12.0. The van der Waals surface area contributed by atoms with Gasteiger partial charge in [0.15, 0.2) is 11.8 Å². The van der Waals surface area contributed by atoms with Crippen LogP contribution in [0.1, 0.15) is 34.8 Å². The normalized spacial score (nSPS) is 12.3. The minimum Gasteiger partial charge on any atom is -0.465 e. The van der Waals surface area contributed by atoms with Crippen molar-refractivity contribution >= 4 is 45.1 Å². The minimum absolute atomic E-state index is 0.411. The molecule has 0 aliphatic carbocycles. The van der Waals surface area contributed by atoms with E-state index < -0.39 is 18.0 Å². The van der Waals surface area contributed by atoms with E-state index >= 15 is 0 Å². The average Bonchev–Trinajstić information content (AvgIpc) is 3.09. The molecule has 0 amide bonds. The summed E-state index contributed by atoms with van der Waals surface area (Å²) >= 11 is 3.35. The van der Waals surface area contributed by atoms with Crippen LogP contribution in [0.25, 0.3) is 17.2 Å². The number of methoxy groups -OCH3 is 1. The van der Waals surface area contributed by atoms with Crippen LogP contribution in [-0.2, 0) is 14.3 Å². The van der Waals surface area contributed by atoms with Crippen LogP contribution in [0, 0.1) is 0 Å². The lowest BCUT2D eigenvalue weighted by atomic mass is 10.1. The average molecular weight is 430 g/mol. The van der Waals surface area contributed by atoms with E-state index in [9.17, 15) is 9.59 Å². The van der Waals surface area contributed by atoms with Gasteiger partial charge < -0.3 is 14.5 Å². The first-order valence-electron chi connectivity index (χ1n) is 8.04. The molecule has 0 bridgehead atoms. The number of pyridine rings is 1. The predicted molar refractivity (Wildman–Crippen MR) is 103 cm³/mol. The number of esters is 2. The number of hydrogen-bond donors (Lipinski definition) is 1. The number of aromatic nitrogens is 3. The van der Waals surface area contributed by atoms with Gasteiger partial charge in [-0.15, -0.1) is 0 Å². The third-order valence-corrected chi connectivity index (χ3v) is 4.18. The minimum atomic E-state index is -0.558. The Hall–Kier alpha value is -3.00. The van der Waals surface area contributed by atoms with E-state index in [1.165, 1.54) is 13.2 Å². The standard InChI is InChI=1S/C19H16BrN3O4/c1-11(17-22-15-9-14(20)10-21-18(15)23-17)27-16(24)8-5-12-3-6-13(7-4-12)19(25)26-2/h3-11H,1-2H3,(H,21,22,23). The van der Waals surface area contributed by atoms with E-state index in [1.807, 2.05) is 6.07 Å². The molecule has 1 aromatic carbocycles. The molecule has 8 heteroatoms. The molecule has 2 aromatic heterocycles. The molecule has 0 aliphatic rings. The third-order valence-electron chi connectivity index (χ3n) is 3.74. The van der Waals surface area contributed by atoms with Crippen molar-refractivity contribution < 1.29 is 19.1 Å². The van der Waals surface area contributed by atoms with Crippen molar-refractivity contribution in [1.82, 2.24) is 15.0 Å². The van der Waals surface area contributed by atoms with Gasteiger partial charge in [-0.1, -0.05) is 12.1 Å². The third kappa shape index (κ3) is 4.59. The van der Waals surface area contributed by atoms with Crippen molar-refractivity contribution in [2.24, 2.45) is 0 Å². The van der Waals surface area contributed by atoms with Gasteiger partial charge >= 0.3 is 11.9 Å². The van der Waals surface area contributed by atoms with Crippen LogP contribution in [-0.4, -0.2) is 34.0 Å². The van der Waals surface area contributed by atoms with Crippen molar-refractivity contribution in [2.75, 3.05) is 7.11 Å². The molecule has 27 heavy (non-hydrogen) atoms. The molecule has 3 aromatic rings. The lowest BCUT2D eigenvalue weighted by molar-refractivity contribution is -0.142. The van der Waals surface area contributed by atoms with Gasteiger partial charge in [-0.2, -0.15) is 0 Å². The van der Waals surface area contributed by atoms with E-state index in [2.05, 4.69) is 35.6 Å². The lowest BCUT2D eigenvalue weighted by Crippen LogP contribution is -2.07. The van der Waals surface area contributed by atoms with E-state index in [-0.39, 0.29) is 0 Å². The van der Waals surface area contributed by atoms with Crippen molar-refractivity contribution in [1.29, 1.82) is 0 Å². The molecule has 3 rings (SSSR count). The molecule has 0 radical (unpaired) electrons. The molecule has 2 heterocycles. The highest BCUT2D eigenvalue weighted by Gasteiger charge is 2.15. The molecule has 138 valence electrons. The fourth-order valence-corrected chi connectivity index (χ4v) is 2.70. The Kier molecular flexibility index (Phi) is 5.66. The number of aromatic amines is 1. The molecule has 1 atom stereocenters. The molecule has 0 aliphatic heterocycles. The van der Waals surface area contributed by atoms with Crippen LogP contribution in [0.2, 0.25) is 0 Å². The first kappa shape index (κ1) is 18.8. The van der Waals surface area contributed by atoms with Gasteiger partial charge in [-0.3, -0.25) is 0 Å². The van der Waals surface area contributed by atoms with Gasteiger partial charge in [0.25, 0.3) is 0 Å². The van der Waals surface area contributed by atoms with E-state index in [1.54, 1.807) is 43.5 Å². The first-order valence-corrected chi connectivity index (χ1v) is 8.84. The Morgan fingerprint density at radius 2 is 2.00 bits per heavy atom. The summed E-state index contributed by atoms with van der Waals surface area (Å²) < 4.78 is 10.8. The Morgan fingerprint density at radius 3 is 2.70 bits per heavy atom. The van der Waals surface area contributed by atoms with Crippen LogP contribution in [0.3, 0.4) is 0 Å². The molecular weight excluding hydrogens is 414 g/mol. The number of carbonyl (C=O) groups is 2. The Labute approximate surface area is 163 Å². The summed E-state index contributed by atoms with van der Waals surface area (Å²) in [7, 11) is 1.32. The topological polar surface area (TPSA) is 94.2 Å². The Bertz CT molecular complexity index is 1010. The molecule has 0 saturated carbocycles. The van der Waals surface area contributed by atoms with Crippen LogP contribution in [0.5, 0.6) is 0 Å². The highest BCUT2D eigenvalue weighted by atomic mass is 79.9. The van der Waals surface area contributed by atoms with E-state index in [0.29, 0.717) is 17.0 Å². The zero-order chi connectivity index (χ0) is 19.4. The van der Waals surface area contributed by atoms with Crippen molar-refractivity contribution in [2.45, 2.75) is 13.0 Å². The van der Waals surface area contributed by atoms with Crippen molar-refractivity contribution in [3.8, 4) is 0 Å². The van der Waals surface area contributed by atoms with Crippen molar-refractivity contribution in [3.05, 3.63) is 64.0 Å². The fraction of sp³-hybridized carbons (Fsp3) is 0.158. The Balaban J connectivity index is 1.63. The lowest BCUT2D eigenvalue weighted by Gasteiger charge is -2.08. The number of rotatable bonds is 5. The molecule has 0 saturated heterocycles. The predicted octanol–water partition coefficient (Wildman–Crippen LogP) is 3.82. The van der Waals surface area contributed by atoms with Crippen LogP contribution in [0.15, 0.2) is 47.1 Å². The SMILES string of the molecule is COC(=O)c1ccc(C=CC(=O)OC(C)c2nc3ncc(Br)cc3[nH]2)cc1. The second-order valence-corrected chi connectivity index (χ2v) is 6.59. The summed E-state index contributed by atoms with van der Waals surface area (Å²) in [4.78, 5) is 35.0. The summed E-state index contributed by atoms with van der Waals surface area (Å²) in [5.74, 6) is -0.403. The monoisotopic (exact) mass is 429 g/mol. The molecule has 1 N–H and O–H groups in total. The summed E-state index contributed by atoms with van der Waals surface area (Å²) in [6, 6.07) is 8.52. The quantitative estimate of drug-likeness (QED) is 0.489. The molecule has 0 spiro atoms. The van der Waals surface area contributed by atoms with Gasteiger partial charge in [-0.25, -0.2) is 19.6 Å². The van der Waals surface area contributed by atoms with Gasteiger partial charge in [0.1, 0.15) is 5.82 Å². The number of H-pyrrole nitrogens is 1. The smallest absolute Gasteiger partial charge is 0.337 e. The number of imidazole rings is 1. The summed E-state index contributed by atoms with van der Waals surface area (Å²) in [6.07, 6.45) is 4.02. The van der Waals surface area contributed by atoms with Crippen molar-refractivity contribution in [3.63, 3.8) is 0 Å². The van der Waals surface area contributed by atoms with Crippen LogP contribution in [0.4, 0.5) is 0 Å². The van der Waals surface area contributed by atoms with E-state index in [0.717, 1.165) is 15.6 Å². The highest BCUT2D eigenvalue weighted by molar-refractivity contribution is 9.10. The van der Waals surface area contributed by atoms with E-state index in [4.69, 9.17) is 4.74 Å². The largest absolute Gasteiger partial charge is 0.465 e. The number of carbonyl (C=O) groups excluding carboxylic acids is 2. The first-order chi connectivity index (χ1) is 13.0. The molecule has 1 unspecified atom stereocenters. The highest BCUT2D eigenvalue weighted by Crippen LogP contribution is 2.20. The Morgan fingerprint density at radius 1 is 1.26 bits per heavy atom. The van der Waals surface area contributed by atoms with Crippen LogP contribution < -0.4 is 0 Å². The van der Waals surface area contributed by atoms with Crippen LogP contribution >= 0.6 is 15.9 Å². The van der Waals surface area contributed by atoms with Gasteiger partial charge in [-0.05, 0) is 52.7 Å². The van der Waals surface area contributed by atoms with Gasteiger partial charge in [0.2, 0.25) is 0 Å². The second-order valence-electron chi connectivity index (χ2n) is 5.67. The summed E-state index contributed by atoms with van der Waals surface area (Å²) in [5.41, 5.74) is 2.50. The number of fused-ring (bicyclic) bond motifs is 1. The molecular formula is C19H16BrN3O4.